The van der Waals surface area contributed by atoms with Crippen molar-refractivity contribution >= 4 is 0 Å². The van der Waals surface area contributed by atoms with Gasteiger partial charge in [0.2, 0.25) is 0 Å². The minimum absolute atomic E-state index is 0.516. The van der Waals surface area contributed by atoms with Gasteiger partial charge in [-0.25, -0.2) is 0 Å². The fraction of sp³-hybridized carbons (Fsp3) is 1.00. The lowest BCUT2D eigenvalue weighted by molar-refractivity contribution is -0.0289. The maximum absolute atomic E-state index is 5.47. The van der Waals surface area contributed by atoms with Crippen LogP contribution in [0.3, 0.4) is 0 Å². The van der Waals surface area contributed by atoms with E-state index < -0.39 is 0 Å². The second kappa shape index (κ2) is 39.5. The lowest BCUT2D eigenvalue weighted by Crippen LogP contribution is -2.15. The van der Waals surface area contributed by atoms with Crippen LogP contribution in [-0.4, -0.2) is 172 Å². The maximum atomic E-state index is 5.47. The molecule has 0 radical (unpaired) electrons. The van der Waals surface area contributed by atoms with Gasteiger partial charge in [-0.3, -0.25) is 0 Å². The highest BCUT2D eigenvalue weighted by Gasteiger charge is 1.96. The molecule has 0 saturated carbocycles. The Morgan fingerprint density at radius 1 is 0.171 bits per heavy atom. The van der Waals surface area contributed by atoms with Crippen molar-refractivity contribution in [3.05, 3.63) is 0 Å². The summed E-state index contributed by atoms with van der Waals surface area (Å²) in [4.78, 5) is 0. The summed E-state index contributed by atoms with van der Waals surface area (Å²) >= 11 is 0. The van der Waals surface area contributed by atoms with Gasteiger partial charge in [-0.05, 0) is 13.8 Å². The zero-order valence-corrected chi connectivity index (χ0v) is 25.7. The number of hydrogen-bond donors (Lipinski definition) is 0. The van der Waals surface area contributed by atoms with Gasteiger partial charge >= 0.3 is 0 Å². The highest BCUT2D eigenvalue weighted by atomic mass is 16.6. The highest BCUT2D eigenvalue weighted by molar-refractivity contribution is 4.39. The van der Waals surface area contributed by atoms with Crippen LogP contribution in [0, 0.1) is 0 Å². The number of hydrogen-bond acceptors (Lipinski definition) is 13. The molecule has 0 fully saturated rings. The average Bonchev–Trinajstić information content (AvgIpc) is 2.98. The Hall–Kier alpha value is -0.520. The lowest BCUT2D eigenvalue weighted by atomic mass is 10.6. The Labute approximate surface area is 247 Å². The molecule has 0 aliphatic carbocycles. The van der Waals surface area contributed by atoms with Gasteiger partial charge in [-0.15, -0.1) is 0 Å². The van der Waals surface area contributed by atoms with Crippen molar-refractivity contribution < 1.29 is 61.6 Å². The van der Waals surface area contributed by atoms with Gasteiger partial charge in [0.05, 0.1) is 159 Å². The number of rotatable bonds is 38. The molecule has 0 aliphatic heterocycles. The van der Waals surface area contributed by atoms with Gasteiger partial charge in [0.25, 0.3) is 0 Å². The Bertz CT molecular complexity index is 411. The summed E-state index contributed by atoms with van der Waals surface area (Å²) in [5.41, 5.74) is 0. The summed E-state index contributed by atoms with van der Waals surface area (Å²) in [5.74, 6) is 0. The molecular formula is C28H58O13. The van der Waals surface area contributed by atoms with E-state index in [1.165, 1.54) is 0 Å². The average molecular weight is 603 g/mol. The molecule has 0 unspecified atom stereocenters. The molecule has 0 amide bonds. The monoisotopic (exact) mass is 602 g/mol. The van der Waals surface area contributed by atoms with Crippen molar-refractivity contribution in [1.29, 1.82) is 0 Å². The van der Waals surface area contributed by atoms with Crippen LogP contribution in [-0.2, 0) is 61.6 Å². The smallest absolute Gasteiger partial charge is 0.0701 e. The van der Waals surface area contributed by atoms with Gasteiger partial charge in [0.15, 0.2) is 0 Å². The van der Waals surface area contributed by atoms with Crippen molar-refractivity contribution in [2.75, 3.05) is 172 Å². The van der Waals surface area contributed by atoms with Crippen LogP contribution in [0.5, 0.6) is 0 Å². The van der Waals surface area contributed by atoms with Crippen LogP contribution in [0.15, 0.2) is 0 Å². The fourth-order valence-electron chi connectivity index (χ4n) is 2.83. The minimum Gasteiger partial charge on any atom is -0.379 e. The van der Waals surface area contributed by atoms with Gasteiger partial charge in [0, 0.05) is 13.2 Å². The Morgan fingerprint density at radius 2 is 0.268 bits per heavy atom. The second-order valence-electron chi connectivity index (χ2n) is 8.13. The van der Waals surface area contributed by atoms with Crippen LogP contribution >= 0.6 is 0 Å². The van der Waals surface area contributed by atoms with Crippen LogP contribution in [0.25, 0.3) is 0 Å². The Kier molecular flexibility index (Phi) is 39.0. The first-order valence-corrected chi connectivity index (χ1v) is 14.9. The van der Waals surface area contributed by atoms with Gasteiger partial charge in [0.1, 0.15) is 0 Å². The third-order valence-electron chi connectivity index (χ3n) is 4.87. The molecule has 0 rings (SSSR count). The van der Waals surface area contributed by atoms with E-state index >= 15 is 0 Å². The molecule has 41 heavy (non-hydrogen) atoms. The largest absolute Gasteiger partial charge is 0.379 e. The number of ether oxygens (including phenoxy) is 13. The zero-order chi connectivity index (χ0) is 29.6. The van der Waals surface area contributed by atoms with Gasteiger partial charge < -0.3 is 61.6 Å². The molecule has 0 saturated heterocycles. The van der Waals surface area contributed by atoms with Crippen molar-refractivity contribution in [1.82, 2.24) is 0 Å². The van der Waals surface area contributed by atoms with Gasteiger partial charge in [-0.2, -0.15) is 0 Å². The van der Waals surface area contributed by atoms with Crippen molar-refractivity contribution in [3.8, 4) is 0 Å². The summed E-state index contributed by atoms with van der Waals surface area (Å²) in [5, 5.41) is 0. The summed E-state index contributed by atoms with van der Waals surface area (Å²) < 4.78 is 70.1. The first kappa shape index (κ1) is 40.5. The third kappa shape index (κ3) is 39.5. The molecule has 248 valence electrons. The van der Waals surface area contributed by atoms with Crippen LogP contribution in [0.4, 0.5) is 0 Å². The molecule has 0 heterocycles. The quantitative estimate of drug-likeness (QED) is 0.0944. The molecule has 13 nitrogen and oxygen atoms in total. The molecule has 0 aromatic carbocycles. The van der Waals surface area contributed by atoms with E-state index in [1.54, 1.807) is 0 Å². The highest BCUT2D eigenvalue weighted by Crippen LogP contribution is 1.87. The zero-order valence-electron chi connectivity index (χ0n) is 25.7. The fourth-order valence-corrected chi connectivity index (χ4v) is 2.83. The van der Waals surface area contributed by atoms with E-state index in [0.717, 1.165) is 0 Å². The lowest BCUT2D eigenvalue weighted by Gasteiger charge is -2.09. The van der Waals surface area contributed by atoms with E-state index in [2.05, 4.69) is 0 Å². The van der Waals surface area contributed by atoms with E-state index in [1.807, 2.05) is 13.8 Å². The minimum atomic E-state index is 0.516. The van der Waals surface area contributed by atoms with Gasteiger partial charge in [-0.1, -0.05) is 0 Å². The summed E-state index contributed by atoms with van der Waals surface area (Å²) in [6.07, 6.45) is 0. The normalized spacial score (nSPS) is 11.6. The standard InChI is InChI=1S/C28H58O13/c1-3-29-5-7-31-9-11-33-13-15-35-17-19-37-21-23-39-25-27-41-28-26-40-24-22-38-20-18-36-16-14-34-12-10-32-8-6-30-4-2/h3-28H2,1-2H3. The predicted octanol–water partition coefficient (Wildman–Crippen LogP) is 1.24. The summed E-state index contributed by atoms with van der Waals surface area (Å²) in [6, 6.07) is 0. The maximum Gasteiger partial charge on any atom is 0.0701 e. The predicted molar refractivity (Wildman–Crippen MR) is 152 cm³/mol. The molecule has 13 heteroatoms. The van der Waals surface area contributed by atoms with E-state index in [9.17, 15) is 0 Å². The molecule has 0 spiro atoms. The first-order chi connectivity index (χ1) is 20.4. The third-order valence-corrected chi connectivity index (χ3v) is 4.87. The molecule has 0 N–H and O–H groups in total. The van der Waals surface area contributed by atoms with Crippen molar-refractivity contribution in [3.63, 3.8) is 0 Å². The van der Waals surface area contributed by atoms with E-state index in [0.29, 0.717) is 172 Å². The van der Waals surface area contributed by atoms with Crippen LogP contribution in [0.2, 0.25) is 0 Å². The SMILES string of the molecule is CCOCCOCCOCCOCCOCCOCCOCCOCCOCCOCCOCCOCCOCC. The Morgan fingerprint density at radius 3 is 0.366 bits per heavy atom. The summed E-state index contributed by atoms with van der Waals surface area (Å²) in [6.45, 7) is 18.4. The molecule has 0 atom stereocenters. The molecule has 0 aliphatic rings. The second-order valence-corrected chi connectivity index (χ2v) is 8.13. The van der Waals surface area contributed by atoms with Crippen molar-refractivity contribution in [2.45, 2.75) is 13.8 Å². The molecule has 0 bridgehead atoms. The van der Waals surface area contributed by atoms with Crippen molar-refractivity contribution in [2.24, 2.45) is 0 Å². The molecule has 0 aromatic heterocycles. The molecular weight excluding hydrogens is 544 g/mol. The van der Waals surface area contributed by atoms with E-state index in [-0.39, 0.29) is 0 Å². The molecule has 0 aromatic rings. The summed E-state index contributed by atoms with van der Waals surface area (Å²) in [7, 11) is 0. The first-order valence-electron chi connectivity index (χ1n) is 14.9. The van der Waals surface area contributed by atoms with Crippen LogP contribution in [0.1, 0.15) is 13.8 Å². The van der Waals surface area contributed by atoms with Crippen LogP contribution < -0.4 is 0 Å². The topological polar surface area (TPSA) is 120 Å². The van der Waals surface area contributed by atoms with E-state index in [4.69, 9.17) is 61.6 Å². The Balaban J connectivity index is 3.02.